The molecule has 1 aromatic heterocycles. The predicted octanol–water partition coefficient (Wildman–Crippen LogP) is 4.48. The van der Waals surface area contributed by atoms with Crippen molar-refractivity contribution < 1.29 is 4.79 Å². The van der Waals surface area contributed by atoms with Crippen LogP contribution in [0.25, 0.3) is 10.9 Å². The highest BCUT2D eigenvalue weighted by Gasteiger charge is 2.36. The fourth-order valence-corrected chi connectivity index (χ4v) is 5.52. The number of rotatable bonds is 2. The monoisotopic (exact) mass is 297 g/mol. The van der Waals surface area contributed by atoms with Gasteiger partial charge in [-0.15, -0.1) is 0 Å². The van der Waals surface area contributed by atoms with Gasteiger partial charge in [0, 0.05) is 21.8 Å². The summed E-state index contributed by atoms with van der Waals surface area (Å²) in [7, 11) is 0. The summed E-state index contributed by atoms with van der Waals surface area (Å²) in [5.74, 6) is 0.452. The molecule has 0 saturated carbocycles. The lowest BCUT2D eigenvalue weighted by Gasteiger charge is -2.37. The van der Waals surface area contributed by atoms with Gasteiger partial charge in [-0.05, 0) is 37.8 Å². The van der Waals surface area contributed by atoms with E-state index in [-0.39, 0.29) is 11.7 Å². The second-order valence-electron chi connectivity index (χ2n) is 6.23. The van der Waals surface area contributed by atoms with Crippen LogP contribution in [0, 0.1) is 5.92 Å². The summed E-state index contributed by atoms with van der Waals surface area (Å²) in [5.41, 5.74) is 1.58. The first-order valence-corrected chi connectivity index (χ1v) is 8.79. The van der Waals surface area contributed by atoms with E-state index in [0.717, 1.165) is 23.7 Å². The number of carbonyl (C=O) groups excluding carboxylic acids is 1. The SMILES string of the molecule is O=C(c1ccc2ccccc2n1)C1CC2CCCC(C1)S2. The molecule has 0 N–H and O–H groups in total. The lowest BCUT2D eigenvalue weighted by molar-refractivity contribution is 0.0892. The molecule has 0 spiro atoms. The van der Waals surface area contributed by atoms with Crippen LogP contribution in [0.2, 0.25) is 0 Å². The van der Waals surface area contributed by atoms with E-state index < -0.39 is 0 Å². The summed E-state index contributed by atoms with van der Waals surface area (Å²) < 4.78 is 0. The molecule has 21 heavy (non-hydrogen) atoms. The van der Waals surface area contributed by atoms with Crippen LogP contribution in [-0.2, 0) is 0 Å². The van der Waals surface area contributed by atoms with Gasteiger partial charge in [-0.1, -0.05) is 30.7 Å². The number of nitrogens with zero attached hydrogens (tertiary/aromatic N) is 1. The van der Waals surface area contributed by atoms with E-state index in [4.69, 9.17) is 0 Å². The molecule has 0 amide bonds. The van der Waals surface area contributed by atoms with E-state index in [1.165, 1.54) is 19.3 Å². The highest BCUT2D eigenvalue weighted by atomic mass is 32.2. The Bertz CT molecular complexity index is 672. The second kappa shape index (κ2) is 5.45. The molecule has 4 rings (SSSR count). The van der Waals surface area contributed by atoms with Gasteiger partial charge in [0.25, 0.3) is 0 Å². The maximum atomic E-state index is 12.8. The second-order valence-corrected chi connectivity index (χ2v) is 7.84. The summed E-state index contributed by atoms with van der Waals surface area (Å²) in [6, 6.07) is 11.9. The van der Waals surface area contributed by atoms with Crippen molar-refractivity contribution in [2.75, 3.05) is 0 Å². The van der Waals surface area contributed by atoms with Crippen LogP contribution in [0.4, 0.5) is 0 Å². The van der Waals surface area contributed by atoms with Crippen LogP contribution in [0.5, 0.6) is 0 Å². The average molecular weight is 297 g/mol. The van der Waals surface area contributed by atoms with Crippen molar-refractivity contribution in [3.63, 3.8) is 0 Å². The van der Waals surface area contributed by atoms with Gasteiger partial charge in [0.2, 0.25) is 0 Å². The molecule has 108 valence electrons. The fourth-order valence-electron chi connectivity index (χ4n) is 3.69. The van der Waals surface area contributed by atoms with Gasteiger partial charge in [0.1, 0.15) is 5.69 Å². The highest BCUT2D eigenvalue weighted by Crippen LogP contribution is 2.44. The van der Waals surface area contributed by atoms with E-state index in [1.54, 1.807) is 0 Å². The number of hydrogen-bond donors (Lipinski definition) is 0. The van der Waals surface area contributed by atoms with Crippen LogP contribution in [0.15, 0.2) is 36.4 Å². The van der Waals surface area contributed by atoms with Gasteiger partial charge in [0.15, 0.2) is 5.78 Å². The molecule has 0 radical (unpaired) electrons. The van der Waals surface area contributed by atoms with Crippen LogP contribution in [0.1, 0.15) is 42.6 Å². The molecule has 3 heteroatoms. The van der Waals surface area contributed by atoms with Crippen LogP contribution >= 0.6 is 11.8 Å². The van der Waals surface area contributed by atoms with Crippen molar-refractivity contribution in [3.8, 4) is 0 Å². The number of benzene rings is 1. The van der Waals surface area contributed by atoms with E-state index in [1.807, 2.05) is 36.4 Å². The largest absolute Gasteiger partial charge is 0.292 e. The zero-order chi connectivity index (χ0) is 14.2. The number of pyridine rings is 1. The zero-order valence-electron chi connectivity index (χ0n) is 12.0. The molecule has 0 aliphatic carbocycles. The molecular weight excluding hydrogens is 278 g/mol. The van der Waals surface area contributed by atoms with Crippen LogP contribution in [-0.4, -0.2) is 21.3 Å². The van der Waals surface area contributed by atoms with Gasteiger partial charge in [-0.2, -0.15) is 11.8 Å². The van der Waals surface area contributed by atoms with Crippen LogP contribution < -0.4 is 0 Å². The Morgan fingerprint density at radius 2 is 1.81 bits per heavy atom. The highest BCUT2D eigenvalue weighted by molar-refractivity contribution is 8.00. The number of para-hydroxylation sites is 1. The lowest BCUT2D eigenvalue weighted by atomic mass is 9.85. The molecule has 2 aromatic rings. The normalized spacial score (nSPS) is 28.5. The Hall–Kier alpha value is -1.35. The van der Waals surface area contributed by atoms with Crippen molar-refractivity contribution in [2.45, 2.75) is 42.6 Å². The predicted molar refractivity (Wildman–Crippen MR) is 87.8 cm³/mol. The summed E-state index contributed by atoms with van der Waals surface area (Å²) >= 11 is 2.12. The summed E-state index contributed by atoms with van der Waals surface area (Å²) in [4.78, 5) is 17.4. The first kappa shape index (κ1) is 13.3. The number of hydrogen-bond acceptors (Lipinski definition) is 3. The third-order valence-corrected chi connectivity index (χ3v) is 6.38. The quantitative estimate of drug-likeness (QED) is 0.765. The minimum atomic E-state index is 0.190. The summed E-state index contributed by atoms with van der Waals surface area (Å²) in [6.45, 7) is 0. The summed E-state index contributed by atoms with van der Waals surface area (Å²) in [6.07, 6.45) is 6.02. The zero-order valence-corrected chi connectivity index (χ0v) is 12.8. The topological polar surface area (TPSA) is 30.0 Å². The van der Waals surface area contributed by atoms with E-state index in [0.29, 0.717) is 16.2 Å². The number of ketones is 1. The lowest BCUT2D eigenvalue weighted by Crippen LogP contribution is -2.33. The Kier molecular flexibility index (Phi) is 3.46. The molecule has 2 aliphatic heterocycles. The Morgan fingerprint density at radius 1 is 1.05 bits per heavy atom. The molecule has 2 aliphatic rings. The smallest absolute Gasteiger partial charge is 0.184 e. The van der Waals surface area contributed by atoms with E-state index in [2.05, 4.69) is 16.7 Å². The van der Waals surface area contributed by atoms with Crippen molar-refractivity contribution in [1.82, 2.24) is 4.98 Å². The first-order valence-electron chi connectivity index (χ1n) is 7.85. The average Bonchev–Trinajstić information content (AvgIpc) is 2.53. The number of Topliss-reactive ketones (excluding diaryl/α,β-unsaturated/α-hetero) is 1. The number of fused-ring (bicyclic) bond motifs is 3. The number of aromatic nitrogens is 1. The molecule has 2 atom stereocenters. The third-order valence-electron chi connectivity index (χ3n) is 4.75. The Labute approximate surface area is 129 Å². The standard InChI is InChI=1S/C18H19NOS/c20-18(13-10-14-5-3-6-15(11-13)21-14)17-9-8-12-4-1-2-7-16(12)19-17/h1-2,4,7-9,13-15H,3,5-6,10-11H2. The van der Waals surface area contributed by atoms with E-state index in [9.17, 15) is 4.79 Å². The van der Waals surface area contributed by atoms with Crippen molar-refractivity contribution in [1.29, 1.82) is 0 Å². The minimum absolute atomic E-state index is 0.190. The molecule has 2 saturated heterocycles. The molecular formula is C18H19NOS. The molecule has 2 bridgehead atoms. The van der Waals surface area contributed by atoms with Crippen molar-refractivity contribution in [2.24, 2.45) is 5.92 Å². The number of carbonyl (C=O) groups is 1. The van der Waals surface area contributed by atoms with Gasteiger partial charge in [-0.3, -0.25) is 4.79 Å². The summed E-state index contributed by atoms with van der Waals surface area (Å²) in [5, 5.41) is 2.50. The van der Waals surface area contributed by atoms with Crippen LogP contribution in [0.3, 0.4) is 0 Å². The maximum absolute atomic E-state index is 12.8. The van der Waals surface area contributed by atoms with Gasteiger partial charge in [-0.25, -0.2) is 4.98 Å². The molecule has 2 fully saturated rings. The number of thioether (sulfide) groups is 1. The van der Waals surface area contributed by atoms with E-state index >= 15 is 0 Å². The van der Waals surface area contributed by atoms with Gasteiger partial charge < -0.3 is 0 Å². The fraction of sp³-hybridized carbons (Fsp3) is 0.444. The third kappa shape index (κ3) is 2.59. The molecule has 1 aromatic carbocycles. The van der Waals surface area contributed by atoms with Crippen molar-refractivity contribution >= 4 is 28.4 Å². The minimum Gasteiger partial charge on any atom is -0.292 e. The Morgan fingerprint density at radius 3 is 2.62 bits per heavy atom. The van der Waals surface area contributed by atoms with Gasteiger partial charge in [0.05, 0.1) is 5.52 Å². The Balaban J connectivity index is 1.60. The molecule has 3 heterocycles. The maximum Gasteiger partial charge on any atom is 0.184 e. The van der Waals surface area contributed by atoms with Gasteiger partial charge >= 0.3 is 0 Å². The van der Waals surface area contributed by atoms with Crippen molar-refractivity contribution in [3.05, 3.63) is 42.1 Å². The first-order chi connectivity index (χ1) is 10.3. The molecule has 2 nitrogen and oxygen atoms in total. The molecule has 2 unspecified atom stereocenters.